The third-order valence-corrected chi connectivity index (χ3v) is 6.82. The van der Waals surface area contributed by atoms with Crippen LogP contribution in [0.5, 0.6) is 17.2 Å². The number of methoxy groups -OCH3 is 3. The van der Waals surface area contributed by atoms with Crippen LogP contribution in [0.1, 0.15) is 28.4 Å². The van der Waals surface area contributed by atoms with Crippen molar-refractivity contribution in [3.05, 3.63) is 104 Å². The van der Waals surface area contributed by atoms with Gasteiger partial charge in [0.2, 0.25) is 0 Å². The van der Waals surface area contributed by atoms with Gasteiger partial charge in [0, 0.05) is 25.2 Å². The maximum Gasteiger partial charge on any atom is 0.347 e. The predicted octanol–water partition coefficient (Wildman–Crippen LogP) is 5.95. The monoisotopic (exact) mass is 597 g/mol. The topological polar surface area (TPSA) is 92.1 Å². The van der Waals surface area contributed by atoms with Crippen LogP contribution in [-0.2, 0) is 17.8 Å². The number of ether oxygens (including phenoxy) is 4. The molecule has 0 amide bonds. The zero-order valence-electron chi connectivity index (χ0n) is 23.0. The van der Waals surface area contributed by atoms with Gasteiger partial charge in [-0.1, -0.05) is 47.5 Å². The first kappa shape index (κ1) is 29.8. The van der Waals surface area contributed by atoms with Crippen LogP contribution in [0.25, 0.3) is 5.69 Å². The van der Waals surface area contributed by atoms with E-state index in [-0.39, 0.29) is 27.1 Å². The fourth-order valence-corrected chi connectivity index (χ4v) is 4.91. The summed E-state index contributed by atoms with van der Waals surface area (Å²) in [6, 6.07) is 18.0. The maximum atomic E-state index is 13.9. The molecule has 0 spiro atoms. The number of hydrogen-bond acceptors (Lipinski definition) is 8. The van der Waals surface area contributed by atoms with Gasteiger partial charge in [-0.3, -0.25) is 9.36 Å². The smallest absolute Gasteiger partial charge is 0.347 e. The summed E-state index contributed by atoms with van der Waals surface area (Å²) in [4.78, 5) is 33.4. The van der Waals surface area contributed by atoms with E-state index in [4.69, 9.17) is 42.1 Å². The molecule has 9 nitrogen and oxygen atoms in total. The molecule has 214 valence electrons. The fourth-order valence-electron chi connectivity index (χ4n) is 4.26. The first-order chi connectivity index (χ1) is 19.8. The largest absolute Gasteiger partial charge is 0.497 e. The zero-order chi connectivity index (χ0) is 29.5. The summed E-state index contributed by atoms with van der Waals surface area (Å²) in [5.74, 6) is 1.15. The highest BCUT2D eigenvalue weighted by Gasteiger charge is 2.27. The molecule has 0 aliphatic rings. The van der Waals surface area contributed by atoms with Crippen LogP contribution in [0, 0.1) is 0 Å². The van der Waals surface area contributed by atoms with Crippen molar-refractivity contribution in [2.45, 2.75) is 20.0 Å². The van der Waals surface area contributed by atoms with E-state index in [9.17, 15) is 9.59 Å². The molecule has 0 saturated heterocycles. The second kappa shape index (κ2) is 13.4. The number of hydrogen-bond donors (Lipinski definition) is 0. The molecule has 0 unspecified atom stereocenters. The van der Waals surface area contributed by atoms with Gasteiger partial charge in [-0.05, 0) is 42.3 Å². The molecule has 0 atom stereocenters. The first-order valence-corrected chi connectivity index (χ1v) is 13.4. The van der Waals surface area contributed by atoms with E-state index in [0.717, 1.165) is 15.7 Å². The molecule has 4 aromatic rings. The lowest BCUT2D eigenvalue weighted by Crippen LogP contribution is -2.33. The minimum Gasteiger partial charge on any atom is -0.497 e. The average molecular weight is 598 g/mol. The van der Waals surface area contributed by atoms with Crippen LogP contribution >= 0.6 is 23.2 Å². The Morgan fingerprint density at radius 1 is 0.854 bits per heavy atom. The second-order valence-corrected chi connectivity index (χ2v) is 9.65. The van der Waals surface area contributed by atoms with E-state index in [2.05, 4.69) is 4.98 Å². The SMILES string of the molecule is CCOc1cc(Cl)c(-n2cnc(N(Cc3ccc(OC)cc3)Cc3ccc(OC)cc3)c(C(=O)OC)c2=O)c(Cl)c1. The van der Waals surface area contributed by atoms with Crippen LogP contribution in [0.15, 0.2) is 71.8 Å². The Balaban J connectivity index is 1.85. The van der Waals surface area contributed by atoms with Crippen LogP contribution in [0.2, 0.25) is 10.0 Å². The molecule has 11 heteroatoms. The van der Waals surface area contributed by atoms with Crippen molar-refractivity contribution in [1.82, 2.24) is 9.55 Å². The Morgan fingerprint density at radius 2 is 1.37 bits per heavy atom. The quantitative estimate of drug-likeness (QED) is 0.196. The summed E-state index contributed by atoms with van der Waals surface area (Å²) >= 11 is 13.0. The lowest BCUT2D eigenvalue weighted by Gasteiger charge is -2.26. The van der Waals surface area contributed by atoms with Gasteiger partial charge in [-0.15, -0.1) is 0 Å². The molecule has 0 aliphatic heterocycles. The lowest BCUT2D eigenvalue weighted by atomic mass is 10.1. The molecule has 0 radical (unpaired) electrons. The molecule has 1 heterocycles. The van der Waals surface area contributed by atoms with Crippen molar-refractivity contribution in [2.24, 2.45) is 0 Å². The Labute approximate surface area is 247 Å². The van der Waals surface area contributed by atoms with E-state index in [1.54, 1.807) is 26.4 Å². The average Bonchev–Trinajstić information content (AvgIpc) is 2.97. The van der Waals surface area contributed by atoms with Gasteiger partial charge in [0.25, 0.3) is 5.56 Å². The zero-order valence-corrected chi connectivity index (χ0v) is 24.5. The number of halogens is 2. The number of nitrogens with zero attached hydrogens (tertiary/aromatic N) is 3. The molecule has 0 N–H and O–H groups in total. The van der Waals surface area contributed by atoms with Gasteiger partial charge in [0.05, 0.1) is 43.7 Å². The summed E-state index contributed by atoms with van der Waals surface area (Å²) in [6.07, 6.45) is 1.30. The summed E-state index contributed by atoms with van der Waals surface area (Å²) < 4.78 is 22.2. The van der Waals surface area contributed by atoms with Crippen molar-refractivity contribution < 1.29 is 23.7 Å². The molecule has 4 rings (SSSR count). The third-order valence-electron chi connectivity index (χ3n) is 6.25. The van der Waals surface area contributed by atoms with Gasteiger partial charge in [-0.2, -0.15) is 0 Å². The summed E-state index contributed by atoms with van der Waals surface area (Å²) in [5, 5.41) is 0.309. The highest BCUT2D eigenvalue weighted by molar-refractivity contribution is 6.38. The van der Waals surface area contributed by atoms with E-state index in [1.165, 1.54) is 13.4 Å². The van der Waals surface area contributed by atoms with E-state index in [1.807, 2.05) is 60.4 Å². The first-order valence-electron chi connectivity index (χ1n) is 12.6. The van der Waals surface area contributed by atoms with Gasteiger partial charge in [0.1, 0.15) is 23.6 Å². The van der Waals surface area contributed by atoms with Crippen molar-refractivity contribution >= 4 is 35.0 Å². The number of carbonyl (C=O) groups is 1. The number of carbonyl (C=O) groups excluding carboxylic acids is 1. The Hall–Kier alpha value is -4.21. The number of rotatable bonds is 11. The minimum atomic E-state index is -0.848. The molecule has 0 saturated carbocycles. The van der Waals surface area contributed by atoms with Gasteiger partial charge >= 0.3 is 5.97 Å². The van der Waals surface area contributed by atoms with Crippen molar-refractivity contribution in [3.63, 3.8) is 0 Å². The molecule has 0 fully saturated rings. The Bertz CT molecular complexity index is 1500. The van der Waals surface area contributed by atoms with E-state index in [0.29, 0.717) is 36.9 Å². The highest BCUT2D eigenvalue weighted by atomic mass is 35.5. The molecule has 0 aliphatic carbocycles. The standard InChI is InChI=1S/C30H29Cl2N3O6/c1-5-41-23-14-24(31)27(25(32)15-23)35-18-33-28(26(29(35)36)30(37)40-4)34(16-19-6-10-21(38-2)11-7-19)17-20-8-12-22(39-3)13-9-20/h6-15,18H,5,16-17H2,1-4H3. The predicted molar refractivity (Wildman–Crippen MR) is 158 cm³/mol. The number of anilines is 1. The van der Waals surface area contributed by atoms with Gasteiger partial charge in [0.15, 0.2) is 11.4 Å². The molecule has 1 aromatic heterocycles. The highest BCUT2D eigenvalue weighted by Crippen LogP contribution is 2.33. The van der Waals surface area contributed by atoms with Crippen LogP contribution in [0.4, 0.5) is 5.82 Å². The molecular formula is C30H29Cl2N3O6. The molecular weight excluding hydrogens is 569 g/mol. The Morgan fingerprint density at radius 3 is 1.80 bits per heavy atom. The molecule has 0 bridgehead atoms. The summed E-state index contributed by atoms with van der Waals surface area (Å²) in [5.41, 5.74) is 1.02. The van der Waals surface area contributed by atoms with Crippen LogP contribution < -0.4 is 24.7 Å². The number of aromatic nitrogens is 2. The number of benzene rings is 3. The van der Waals surface area contributed by atoms with Crippen LogP contribution in [0.3, 0.4) is 0 Å². The normalized spacial score (nSPS) is 10.7. The minimum absolute atomic E-state index is 0.142. The molecule has 3 aromatic carbocycles. The lowest BCUT2D eigenvalue weighted by molar-refractivity contribution is 0.0598. The molecule has 41 heavy (non-hydrogen) atoms. The summed E-state index contributed by atoms with van der Waals surface area (Å²) in [6.45, 7) is 2.88. The third kappa shape index (κ3) is 6.75. The van der Waals surface area contributed by atoms with Crippen molar-refractivity contribution in [2.75, 3.05) is 32.8 Å². The van der Waals surface area contributed by atoms with Crippen molar-refractivity contribution in [3.8, 4) is 22.9 Å². The van der Waals surface area contributed by atoms with E-state index >= 15 is 0 Å². The van der Waals surface area contributed by atoms with Crippen molar-refractivity contribution in [1.29, 1.82) is 0 Å². The van der Waals surface area contributed by atoms with Gasteiger partial charge < -0.3 is 23.8 Å². The Kier molecular flexibility index (Phi) is 9.75. The fraction of sp³-hybridized carbons (Fsp3) is 0.233. The number of esters is 1. The summed E-state index contributed by atoms with van der Waals surface area (Å²) in [7, 11) is 4.39. The van der Waals surface area contributed by atoms with Gasteiger partial charge in [-0.25, -0.2) is 9.78 Å². The van der Waals surface area contributed by atoms with E-state index < -0.39 is 11.5 Å². The second-order valence-electron chi connectivity index (χ2n) is 8.83. The van der Waals surface area contributed by atoms with Crippen LogP contribution in [-0.4, -0.2) is 43.5 Å². The maximum absolute atomic E-state index is 13.9.